The van der Waals surface area contributed by atoms with E-state index in [4.69, 9.17) is 0 Å². The number of benzene rings is 1. The molecule has 0 saturated carbocycles. The Morgan fingerprint density at radius 1 is 1.08 bits per heavy atom. The van der Waals surface area contributed by atoms with Crippen molar-refractivity contribution in [3.05, 3.63) is 24.3 Å². The Kier molecular flexibility index (Phi) is 5.50. The van der Waals surface area contributed by atoms with Crippen molar-refractivity contribution in [1.82, 2.24) is 14.9 Å². The fourth-order valence-electron chi connectivity index (χ4n) is 3.08. The summed E-state index contributed by atoms with van der Waals surface area (Å²) in [7, 11) is -3.51. The first-order valence-corrected chi connectivity index (χ1v) is 9.88. The molecule has 2 fully saturated rings. The van der Waals surface area contributed by atoms with Crippen LogP contribution in [0.25, 0.3) is 0 Å². The maximum atomic E-state index is 12.3. The van der Waals surface area contributed by atoms with Crippen molar-refractivity contribution in [3.8, 4) is 0 Å². The van der Waals surface area contributed by atoms with E-state index in [2.05, 4.69) is 14.9 Å². The Labute approximate surface area is 143 Å². The minimum absolute atomic E-state index is 0.0970. The van der Waals surface area contributed by atoms with Gasteiger partial charge in [-0.2, -0.15) is 0 Å². The number of amides is 1. The van der Waals surface area contributed by atoms with Gasteiger partial charge in [-0.3, -0.25) is 9.69 Å². The third-order valence-corrected chi connectivity index (χ3v) is 5.94. The monoisotopic (exact) mass is 352 g/mol. The Bertz CT molecular complexity index is 669. The molecule has 2 N–H and O–H groups in total. The Morgan fingerprint density at radius 2 is 1.79 bits per heavy atom. The second-order valence-corrected chi connectivity index (χ2v) is 7.90. The van der Waals surface area contributed by atoms with Gasteiger partial charge in [-0.05, 0) is 30.7 Å². The smallest absolute Gasteiger partial charge is 0.240 e. The van der Waals surface area contributed by atoms with Gasteiger partial charge in [0.25, 0.3) is 0 Å². The van der Waals surface area contributed by atoms with Crippen molar-refractivity contribution in [1.29, 1.82) is 0 Å². The van der Waals surface area contributed by atoms with Crippen LogP contribution in [-0.2, 0) is 14.8 Å². The van der Waals surface area contributed by atoms with Crippen LogP contribution in [0.15, 0.2) is 29.2 Å². The van der Waals surface area contributed by atoms with E-state index in [1.807, 2.05) is 0 Å². The average molecular weight is 352 g/mol. The number of rotatable bonds is 6. The minimum atomic E-state index is -3.51. The predicted molar refractivity (Wildman–Crippen MR) is 92.5 cm³/mol. The topological polar surface area (TPSA) is 81.8 Å². The van der Waals surface area contributed by atoms with Gasteiger partial charge in [0.1, 0.15) is 0 Å². The predicted octanol–water partition coefficient (Wildman–Crippen LogP) is -0.00310. The molecule has 2 saturated heterocycles. The SMILES string of the molecule is O=C1CCCN1c1ccc(S(=O)(=O)NCCN2CCNCC2)cc1. The standard InChI is InChI=1S/C16H24N4O3S/c21-16-2-1-10-20(16)14-3-5-15(6-4-14)24(22,23)18-9-13-19-11-7-17-8-12-19/h3-6,17-18H,1-2,7-13H2. The van der Waals surface area contributed by atoms with Crippen LogP contribution in [-0.4, -0.2) is 65.0 Å². The van der Waals surface area contributed by atoms with Crippen molar-refractivity contribution in [3.63, 3.8) is 0 Å². The fourth-order valence-corrected chi connectivity index (χ4v) is 4.10. The Balaban J connectivity index is 1.56. The summed E-state index contributed by atoms with van der Waals surface area (Å²) in [6.45, 7) is 5.59. The number of anilines is 1. The molecule has 1 aromatic carbocycles. The van der Waals surface area contributed by atoms with E-state index >= 15 is 0 Å². The molecule has 0 bridgehead atoms. The third kappa shape index (κ3) is 4.13. The van der Waals surface area contributed by atoms with Crippen molar-refractivity contribution < 1.29 is 13.2 Å². The summed E-state index contributed by atoms with van der Waals surface area (Å²) >= 11 is 0. The fraction of sp³-hybridized carbons (Fsp3) is 0.562. The zero-order valence-electron chi connectivity index (χ0n) is 13.7. The highest BCUT2D eigenvalue weighted by atomic mass is 32.2. The minimum Gasteiger partial charge on any atom is -0.314 e. The van der Waals surface area contributed by atoms with Crippen LogP contribution in [0.1, 0.15) is 12.8 Å². The lowest BCUT2D eigenvalue weighted by Crippen LogP contribution is -2.46. The molecule has 1 amide bonds. The molecule has 0 spiro atoms. The van der Waals surface area contributed by atoms with Gasteiger partial charge in [-0.1, -0.05) is 0 Å². The lowest BCUT2D eigenvalue weighted by molar-refractivity contribution is -0.117. The van der Waals surface area contributed by atoms with Gasteiger partial charge in [0.15, 0.2) is 0 Å². The number of hydrogen-bond acceptors (Lipinski definition) is 5. The summed E-state index contributed by atoms with van der Waals surface area (Å²) in [6.07, 6.45) is 1.42. The van der Waals surface area contributed by atoms with Gasteiger partial charge in [0.05, 0.1) is 4.90 Å². The largest absolute Gasteiger partial charge is 0.314 e. The van der Waals surface area contributed by atoms with E-state index in [0.29, 0.717) is 26.1 Å². The molecule has 24 heavy (non-hydrogen) atoms. The molecular formula is C16H24N4O3S. The van der Waals surface area contributed by atoms with Crippen LogP contribution in [0, 0.1) is 0 Å². The van der Waals surface area contributed by atoms with Crippen LogP contribution >= 0.6 is 0 Å². The van der Waals surface area contributed by atoms with E-state index in [-0.39, 0.29) is 10.8 Å². The quantitative estimate of drug-likeness (QED) is 0.753. The summed E-state index contributed by atoms with van der Waals surface area (Å²) in [4.78, 5) is 15.9. The number of carbonyl (C=O) groups is 1. The summed E-state index contributed by atoms with van der Waals surface area (Å²) in [5, 5.41) is 3.27. The maximum Gasteiger partial charge on any atom is 0.240 e. The first-order chi connectivity index (χ1) is 11.6. The molecule has 3 rings (SSSR count). The molecule has 7 nitrogen and oxygen atoms in total. The van der Waals surface area contributed by atoms with Crippen LogP contribution in [0.3, 0.4) is 0 Å². The van der Waals surface area contributed by atoms with Gasteiger partial charge in [0.2, 0.25) is 15.9 Å². The number of piperazine rings is 1. The third-order valence-electron chi connectivity index (χ3n) is 4.46. The molecule has 2 heterocycles. The molecule has 0 atom stereocenters. The summed E-state index contributed by atoms with van der Waals surface area (Å²) < 4.78 is 27.3. The summed E-state index contributed by atoms with van der Waals surface area (Å²) in [5.41, 5.74) is 0.761. The molecule has 0 unspecified atom stereocenters. The van der Waals surface area contributed by atoms with E-state index in [1.165, 1.54) is 0 Å². The summed E-state index contributed by atoms with van der Waals surface area (Å²) in [5.74, 6) is 0.0970. The van der Waals surface area contributed by atoms with E-state index < -0.39 is 10.0 Å². The molecule has 8 heteroatoms. The van der Waals surface area contributed by atoms with Crippen LogP contribution < -0.4 is 14.9 Å². The number of nitrogens with one attached hydrogen (secondary N) is 2. The molecular weight excluding hydrogens is 328 g/mol. The maximum absolute atomic E-state index is 12.3. The number of carbonyl (C=O) groups excluding carboxylic acids is 1. The lowest BCUT2D eigenvalue weighted by atomic mass is 10.3. The number of hydrogen-bond donors (Lipinski definition) is 2. The van der Waals surface area contributed by atoms with E-state index in [0.717, 1.165) is 38.3 Å². The Hall–Kier alpha value is -1.48. The first kappa shape index (κ1) is 17.3. The van der Waals surface area contributed by atoms with Gasteiger partial charge in [0, 0.05) is 57.9 Å². The van der Waals surface area contributed by atoms with Gasteiger partial charge < -0.3 is 10.2 Å². The number of nitrogens with zero attached hydrogens (tertiary/aromatic N) is 2. The Morgan fingerprint density at radius 3 is 2.42 bits per heavy atom. The highest BCUT2D eigenvalue weighted by Gasteiger charge is 2.22. The molecule has 2 aliphatic rings. The molecule has 0 aromatic heterocycles. The zero-order valence-corrected chi connectivity index (χ0v) is 14.5. The highest BCUT2D eigenvalue weighted by molar-refractivity contribution is 7.89. The summed E-state index contributed by atoms with van der Waals surface area (Å²) in [6, 6.07) is 6.53. The second-order valence-electron chi connectivity index (χ2n) is 6.13. The molecule has 0 radical (unpaired) electrons. The van der Waals surface area contributed by atoms with Crippen molar-refractivity contribution in [2.75, 3.05) is 50.7 Å². The molecule has 132 valence electrons. The molecule has 2 aliphatic heterocycles. The van der Waals surface area contributed by atoms with Crippen LogP contribution in [0.4, 0.5) is 5.69 Å². The van der Waals surface area contributed by atoms with Crippen molar-refractivity contribution in [2.45, 2.75) is 17.7 Å². The second kappa shape index (κ2) is 7.60. The zero-order chi connectivity index (χ0) is 17.0. The highest BCUT2D eigenvalue weighted by Crippen LogP contribution is 2.22. The first-order valence-electron chi connectivity index (χ1n) is 8.39. The average Bonchev–Trinajstić information content (AvgIpc) is 3.02. The molecule has 0 aliphatic carbocycles. The van der Waals surface area contributed by atoms with Crippen LogP contribution in [0.2, 0.25) is 0 Å². The molecule has 1 aromatic rings. The van der Waals surface area contributed by atoms with E-state index in [1.54, 1.807) is 29.2 Å². The van der Waals surface area contributed by atoms with Crippen molar-refractivity contribution >= 4 is 21.6 Å². The van der Waals surface area contributed by atoms with Crippen molar-refractivity contribution in [2.24, 2.45) is 0 Å². The normalized spacial score (nSPS) is 19.8. The van der Waals surface area contributed by atoms with E-state index in [9.17, 15) is 13.2 Å². The van der Waals surface area contributed by atoms with Crippen LogP contribution in [0.5, 0.6) is 0 Å². The number of sulfonamides is 1. The van der Waals surface area contributed by atoms with Gasteiger partial charge >= 0.3 is 0 Å². The lowest BCUT2D eigenvalue weighted by Gasteiger charge is -2.27. The van der Waals surface area contributed by atoms with Gasteiger partial charge in [-0.25, -0.2) is 13.1 Å². The van der Waals surface area contributed by atoms with Gasteiger partial charge in [-0.15, -0.1) is 0 Å².